The van der Waals surface area contributed by atoms with Crippen LogP contribution in [0.3, 0.4) is 0 Å². The van der Waals surface area contributed by atoms with Crippen molar-refractivity contribution in [2.75, 3.05) is 0 Å². The van der Waals surface area contributed by atoms with E-state index < -0.39 is 0 Å². The summed E-state index contributed by atoms with van der Waals surface area (Å²) in [7, 11) is 0. The van der Waals surface area contributed by atoms with Crippen LogP contribution in [-0.4, -0.2) is 0 Å². The fraction of sp³-hybridized carbons (Fsp3) is 0. The van der Waals surface area contributed by atoms with Gasteiger partial charge in [-0.05, 0) is 22.0 Å². The first-order valence-corrected chi connectivity index (χ1v) is 3.36. The lowest BCUT2D eigenvalue weighted by Crippen LogP contribution is -1.50. The van der Waals surface area contributed by atoms with Crippen molar-refractivity contribution < 1.29 is 4.39 Å². The third-order valence-electron chi connectivity index (χ3n) is 0.535. The van der Waals surface area contributed by atoms with E-state index in [1.165, 1.54) is 22.8 Å². The number of thiophene rings is 1. The van der Waals surface area contributed by atoms with E-state index in [1.54, 1.807) is 0 Å². The van der Waals surface area contributed by atoms with Gasteiger partial charge in [0.2, 0.25) is 0 Å². The maximum absolute atomic E-state index is 11.9. The van der Waals surface area contributed by atoms with Crippen LogP contribution >= 0.6 is 27.3 Å². The molecule has 0 aliphatic carbocycles. The number of hydrogen-bond acceptors (Lipinski definition) is 1. The summed E-state index contributed by atoms with van der Waals surface area (Å²) < 4.78 is 12.7. The van der Waals surface area contributed by atoms with Crippen LogP contribution in [0, 0.1) is 5.82 Å². The van der Waals surface area contributed by atoms with Crippen LogP contribution in [-0.2, 0) is 0 Å². The summed E-state index contributed by atoms with van der Waals surface area (Å²) in [5.41, 5.74) is 0. The minimum Gasteiger partial charge on any atom is -0.206 e. The second-order valence-corrected chi connectivity index (χ2v) is 3.36. The zero-order valence-corrected chi connectivity index (χ0v) is 5.72. The van der Waals surface area contributed by atoms with Crippen molar-refractivity contribution >= 4 is 27.3 Å². The Hall–Kier alpha value is 0.110. The molecule has 0 saturated carbocycles. The van der Waals surface area contributed by atoms with E-state index in [0.717, 1.165) is 3.79 Å². The van der Waals surface area contributed by atoms with Gasteiger partial charge in [-0.2, -0.15) is 0 Å². The summed E-state index contributed by atoms with van der Waals surface area (Å²) in [5.74, 6) is -0.170. The molecule has 1 rings (SSSR count). The van der Waals surface area contributed by atoms with Gasteiger partial charge in [-0.3, -0.25) is 0 Å². The predicted octanol–water partition coefficient (Wildman–Crippen LogP) is 2.65. The van der Waals surface area contributed by atoms with Gasteiger partial charge in [0, 0.05) is 5.38 Å². The number of halogens is 2. The van der Waals surface area contributed by atoms with Crippen LogP contribution in [0.4, 0.5) is 4.39 Å². The molecule has 3 heteroatoms. The Bertz CT molecular complexity index is 144. The molecule has 0 atom stereocenters. The van der Waals surface area contributed by atoms with Crippen molar-refractivity contribution in [2.24, 2.45) is 0 Å². The standard InChI is InChI=1S/C4H2BrFS/c5-4-1-3(6)2-7-4/h1-2H. The summed E-state index contributed by atoms with van der Waals surface area (Å²) in [4.78, 5) is 0. The third kappa shape index (κ3) is 1.24. The summed E-state index contributed by atoms with van der Waals surface area (Å²) in [5, 5.41) is 1.45. The lowest BCUT2D eigenvalue weighted by Gasteiger charge is -1.64. The van der Waals surface area contributed by atoms with Gasteiger partial charge in [0.1, 0.15) is 5.82 Å². The Labute approximate surface area is 53.1 Å². The van der Waals surface area contributed by atoms with Crippen LogP contribution in [0.5, 0.6) is 0 Å². The Kier molecular flexibility index (Phi) is 1.44. The zero-order chi connectivity index (χ0) is 5.28. The molecule has 0 nitrogen and oxygen atoms in total. The molecule has 0 fully saturated rings. The maximum Gasteiger partial charge on any atom is 0.135 e. The first-order valence-electron chi connectivity index (χ1n) is 1.68. The second-order valence-electron chi connectivity index (χ2n) is 1.07. The molecular formula is C4H2BrFS. The molecule has 0 aliphatic rings. The Morgan fingerprint density at radius 1 is 1.71 bits per heavy atom. The van der Waals surface area contributed by atoms with Crippen LogP contribution in [0.2, 0.25) is 0 Å². The molecule has 0 radical (unpaired) electrons. The van der Waals surface area contributed by atoms with Crippen molar-refractivity contribution in [1.82, 2.24) is 0 Å². The molecule has 7 heavy (non-hydrogen) atoms. The normalized spacial score (nSPS) is 9.43. The maximum atomic E-state index is 11.9. The largest absolute Gasteiger partial charge is 0.206 e. The van der Waals surface area contributed by atoms with Gasteiger partial charge in [0.15, 0.2) is 0 Å². The fourth-order valence-electron chi connectivity index (χ4n) is 0.289. The SMILES string of the molecule is Fc1csc(Br)c1. The van der Waals surface area contributed by atoms with Crippen molar-refractivity contribution in [3.63, 3.8) is 0 Å². The van der Waals surface area contributed by atoms with Crippen LogP contribution in [0.15, 0.2) is 15.2 Å². The molecule has 0 unspecified atom stereocenters. The van der Waals surface area contributed by atoms with Gasteiger partial charge in [-0.15, -0.1) is 11.3 Å². The topological polar surface area (TPSA) is 0 Å². The van der Waals surface area contributed by atoms with Gasteiger partial charge in [-0.1, -0.05) is 0 Å². The minimum atomic E-state index is -0.170. The smallest absolute Gasteiger partial charge is 0.135 e. The van der Waals surface area contributed by atoms with E-state index >= 15 is 0 Å². The van der Waals surface area contributed by atoms with E-state index in [-0.39, 0.29) is 5.82 Å². The highest BCUT2D eigenvalue weighted by Crippen LogP contribution is 2.18. The van der Waals surface area contributed by atoms with Crippen molar-refractivity contribution in [3.05, 3.63) is 21.1 Å². The van der Waals surface area contributed by atoms with E-state index in [4.69, 9.17) is 0 Å². The monoisotopic (exact) mass is 180 g/mol. The molecule has 0 N–H and O–H groups in total. The summed E-state index contributed by atoms with van der Waals surface area (Å²) in [6, 6.07) is 1.44. The van der Waals surface area contributed by atoms with E-state index in [9.17, 15) is 4.39 Å². The van der Waals surface area contributed by atoms with Gasteiger partial charge < -0.3 is 0 Å². The molecular weight excluding hydrogens is 179 g/mol. The molecule has 0 bridgehead atoms. The molecule has 0 spiro atoms. The van der Waals surface area contributed by atoms with Gasteiger partial charge in [0.25, 0.3) is 0 Å². The third-order valence-corrected chi connectivity index (χ3v) is 2.01. The molecule has 1 heterocycles. The zero-order valence-electron chi connectivity index (χ0n) is 3.32. The van der Waals surface area contributed by atoms with Gasteiger partial charge in [0.05, 0.1) is 3.79 Å². The lowest BCUT2D eigenvalue weighted by atomic mass is 10.6. The van der Waals surface area contributed by atoms with Crippen LogP contribution in [0.1, 0.15) is 0 Å². The second kappa shape index (κ2) is 1.92. The Balaban J connectivity index is 3.04. The minimum absolute atomic E-state index is 0.170. The highest BCUT2D eigenvalue weighted by molar-refractivity contribution is 9.11. The first-order chi connectivity index (χ1) is 3.29. The van der Waals surface area contributed by atoms with Crippen LogP contribution < -0.4 is 0 Å². The highest BCUT2D eigenvalue weighted by Gasteiger charge is 1.90. The van der Waals surface area contributed by atoms with Crippen LogP contribution in [0.25, 0.3) is 0 Å². The predicted molar refractivity (Wildman–Crippen MR) is 32.0 cm³/mol. The molecule has 0 saturated heterocycles. The van der Waals surface area contributed by atoms with E-state index in [2.05, 4.69) is 15.9 Å². The van der Waals surface area contributed by atoms with E-state index in [0.29, 0.717) is 0 Å². The van der Waals surface area contributed by atoms with Crippen molar-refractivity contribution in [3.8, 4) is 0 Å². The Morgan fingerprint density at radius 2 is 2.43 bits per heavy atom. The Morgan fingerprint density at radius 3 is 2.57 bits per heavy atom. The van der Waals surface area contributed by atoms with E-state index in [1.807, 2.05) is 0 Å². The number of hydrogen-bond donors (Lipinski definition) is 0. The molecule has 1 aromatic rings. The number of rotatable bonds is 0. The molecule has 0 amide bonds. The summed E-state index contributed by atoms with van der Waals surface area (Å²) in [6.07, 6.45) is 0. The average Bonchev–Trinajstić information content (AvgIpc) is 1.87. The van der Waals surface area contributed by atoms with Gasteiger partial charge in [-0.25, -0.2) is 4.39 Å². The molecule has 0 aromatic carbocycles. The fourth-order valence-corrected chi connectivity index (χ4v) is 1.26. The summed E-state index contributed by atoms with van der Waals surface area (Å²) >= 11 is 4.46. The van der Waals surface area contributed by atoms with Gasteiger partial charge >= 0.3 is 0 Å². The van der Waals surface area contributed by atoms with Crippen molar-refractivity contribution in [1.29, 1.82) is 0 Å². The highest BCUT2D eigenvalue weighted by atomic mass is 79.9. The summed E-state index contributed by atoms with van der Waals surface area (Å²) in [6.45, 7) is 0. The molecule has 1 aromatic heterocycles. The first kappa shape index (κ1) is 5.25. The van der Waals surface area contributed by atoms with Crippen molar-refractivity contribution in [2.45, 2.75) is 0 Å². The lowest BCUT2D eigenvalue weighted by molar-refractivity contribution is 0.633. The average molecular weight is 181 g/mol. The molecule has 38 valence electrons. The molecule has 0 aliphatic heterocycles. The quantitative estimate of drug-likeness (QED) is 0.577.